The van der Waals surface area contributed by atoms with Crippen molar-refractivity contribution in [1.29, 1.82) is 0 Å². The molecule has 2 rings (SSSR count). The first-order valence-corrected chi connectivity index (χ1v) is 6.77. The minimum atomic E-state index is -0.319. The van der Waals surface area contributed by atoms with Crippen molar-refractivity contribution in [2.24, 2.45) is 17.8 Å². The SMILES string of the molecule is CC(C)[C@H]1CC[C@H](C)C[C@@H]1OC1C=CCOO1. The van der Waals surface area contributed by atoms with Gasteiger partial charge in [-0.15, -0.1) is 0 Å². The minimum Gasteiger partial charge on any atom is -0.343 e. The van der Waals surface area contributed by atoms with E-state index in [0.29, 0.717) is 24.5 Å². The molecule has 0 saturated heterocycles. The Morgan fingerprint density at radius 1 is 1.29 bits per heavy atom. The number of ether oxygens (including phenoxy) is 1. The summed E-state index contributed by atoms with van der Waals surface area (Å²) in [4.78, 5) is 10.1. The van der Waals surface area contributed by atoms with E-state index in [-0.39, 0.29) is 6.29 Å². The Labute approximate surface area is 104 Å². The third-order valence-electron chi connectivity index (χ3n) is 3.89. The summed E-state index contributed by atoms with van der Waals surface area (Å²) in [5, 5.41) is 0. The molecule has 0 amide bonds. The zero-order chi connectivity index (χ0) is 12.3. The number of hydrogen-bond donors (Lipinski definition) is 0. The first kappa shape index (κ1) is 13.1. The maximum atomic E-state index is 6.04. The largest absolute Gasteiger partial charge is 0.343 e. The van der Waals surface area contributed by atoms with E-state index in [1.165, 1.54) is 12.8 Å². The second kappa shape index (κ2) is 5.98. The predicted octanol–water partition coefficient (Wildman–Crippen LogP) is 3.31. The molecule has 0 bridgehead atoms. The molecule has 0 radical (unpaired) electrons. The van der Waals surface area contributed by atoms with E-state index in [1.54, 1.807) is 0 Å². The molecule has 3 nitrogen and oxygen atoms in total. The average molecular weight is 240 g/mol. The third kappa shape index (κ3) is 3.54. The lowest BCUT2D eigenvalue weighted by Gasteiger charge is -2.38. The highest BCUT2D eigenvalue weighted by molar-refractivity contribution is 4.89. The minimum absolute atomic E-state index is 0.301. The summed E-state index contributed by atoms with van der Waals surface area (Å²) < 4.78 is 6.04. The van der Waals surface area contributed by atoms with Crippen LogP contribution in [0.1, 0.15) is 40.0 Å². The van der Waals surface area contributed by atoms with Crippen LogP contribution in [0.3, 0.4) is 0 Å². The second-order valence-electron chi connectivity index (χ2n) is 5.68. The Hall–Kier alpha value is -0.380. The van der Waals surface area contributed by atoms with Gasteiger partial charge in [0.05, 0.1) is 6.10 Å². The molecule has 4 atom stereocenters. The Morgan fingerprint density at radius 3 is 2.76 bits per heavy atom. The fourth-order valence-electron chi connectivity index (χ4n) is 2.86. The van der Waals surface area contributed by atoms with Gasteiger partial charge >= 0.3 is 0 Å². The highest BCUT2D eigenvalue weighted by atomic mass is 17.2. The van der Waals surface area contributed by atoms with Crippen molar-refractivity contribution >= 4 is 0 Å². The molecule has 0 aromatic rings. The van der Waals surface area contributed by atoms with E-state index < -0.39 is 0 Å². The zero-order valence-electron chi connectivity index (χ0n) is 11.1. The van der Waals surface area contributed by atoms with Gasteiger partial charge in [-0.3, -0.25) is 0 Å². The monoisotopic (exact) mass is 240 g/mol. The van der Waals surface area contributed by atoms with Gasteiger partial charge in [0.25, 0.3) is 0 Å². The van der Waals surface area contributed by atoms with Gasteiger partial charge < -0.3 is 4.74 Å². The Morgan fingerprint density at radius 2 is 2.12 bits per heavy atom. The maximum Gasteiger partial charge on any atom is 0.210 e. The molecular formula is C14H24O3. The maximum absolute atomic E-state index is 6.04. The van der Waals surface area contributed by atoms with E-state index in [2.05, 4.69) is 20.8 Å². The summed E-state index contributed by atoms with van der Waals surface area (Å²) in [7, 11) is 0. The van der Waals surface area contributed by atoms with Crippen molar-refractivity contribution in [1.82, 2.24) is 0 Å². The van der Waals surface area contributed by atoms with Crippen LogP contribution in [-0.4, -0.2) is 19.0 Å². The molecule has 0 N–H and O–H groups in total. The van der Waals surface area contributed by atoms with Crippen LogP contribution in [-0.2, 0) is 14.5 Å². The fourth-order valence-corrected chi connectivity index (χ4v) is 2.86. The molecule has 1 unspecified atom stereocenters. The van der Waals surface area contributed by atoms with Crippen LogP contribution >= 0.6 is 0 Å². The molecule has 0 spiro atoms. The van der Waals surface area contributed by atoms with Gasteiger partial charge in [-0.25, -0.2) is 4.89 Å². The highest BCUT2D eigenvalue weighted by Crippen LogP contribution is 2.36. The number of hydrogen-bond acceptors (Lipinski definition) is 3. The van der Waals surface area contributed by atoms with Crippen LogP contribution < -0.4 is 0 Å². The highest BCUT2D eigenvalue weighted by Gasteiger charge is 2.33. The van der Waals surface area contributed by atoms with Crippen LogP contribution in [0.15, 0.2) is 12.2 Å². The van der Waals surface area contributed by atoms with Crippen molar-refractivity contribution in [3.63, 3.8) is 0 Å². The van der Waals surface area contributed by atoms with Gasteiger partial charge in [-0.05, 0) is 36.7 Å². The normalized spacial score (nSPS) is 38.6. The van der Waals surface area contributed by atoms with Crippen LogP contribution in [0.25, 0.3) is 0 Å². The van der Waals surface area contributed by atoms with Crippen LogP contribution in [0.4, 0.5) is 0 Å². The standard InChI is InChI=1S/C14H24O3/c1-10(2)12-7-6-11(3)9-13(12)16-14-5-4-8-15-17-14/h4-5,10-14H,6-9H2,1-3H3/t11-,12+,13-,14?/m0/s1. The van der Waals surface area contributed by atoms with Gasteiger partial charge in [0.1, 0.15) is 6.61 Å². The quantitative estimate of drug-likeness (QED) is 0.559. The van der Waals surface area contributed by atoms with E-state index in [4.69, 9.17) is 14.5 Å². The van der Waals surface area contributed by atoms with Gasteiger partial charge in [0.2, 0.25) is 6.29 Å². The lowest BCUT2D eigenvalue weighted by atomic mass is 9.75. The molecule has 0 aromatic heterocycles. The van der Waals surface area contributed by atoms with Gasteiger partial charge in [0.15, 0.2) is 0 Å². The van der Waals surface area contributed by atoms with Crippen LogP contribution in [0, 0.1) is 17.8 Å². The van der Waals surface area contributed by atoms with Gasteiger partial charge in [-0.2, -0.15) is 4.89 Å². The third-order valence-corrected chi connectivity index (χ3v) is 3.89. The average Bonchev–Trinajstić information content (AvgIpc) is 2.30. The molecule has 3 heteroatoms. The molecule has 1 saturated carbocycles. The zero-order valence-corrected chi connectivity index (χ0v) is 11.1. The molecule has 1 heterocycles. The number of rotatable bonds is 3. The summed E-state index contributed by atoms with van der Waals surface area (Å²) in [6.07, 6.45) is 7.60. The first-order valence-electron chi connectivity index (χ1n) is 6.77. The Kier molecular flexibility index (Phi) is 4.60. The predicted molar refractivity (Wildman–Crippen MR) is 66.2 cm³/mol. The topological polar surface area (TPSA) is 27.7 Å². The molecule has 1 aliphatic carbocycles. The summed E-state index contributed by atoms with van der Waals surface area (Å²) >= 11 is 0. The molecule has 1 aliphatic heterocycles. The van der Waals surface area contributed by atoms with Gasteiger partial charge in [-0.1, -0.05) is 33.3 Å². The molecule has 0 aromatic carbocycles. The van der Waals surface area contributed by atoms with E-state index >= 15 is 0 Å². The van der Waals surface area contributed by atoms with Crippen LogP contribution in [0.2, 0.25) is 0 Å². The Bertz CT molecular complexity index is 262. The molecule has 98 valence electrons. The van der Waals surface area contributed by atoms with E-state index in [1.807, 2.05) is 12.2 Å². The van der Waals surface area contributed by atoms with Crippen molar-refractivity contribution in [3.05, 3.63) is 12.2 Å². The van der Waals surface area contributed by atoms with Crippen molar-refractivity contribution in [2.45, 2.75) is 52.4 Å². The lowest BCUT2D eigenvalue weighted by Crippen LogP contribution is -2.37. The fraction of sp³-hybridized carbons (Fsp3) is 0.857. The molecule has 2 aliphatic rings. The summed E-state index contributed by atoms with van der Waals surface area (Å²) in [6.45, 7) is 7.39. The van der Waals surface area contributed by atoms with Crippen molar-refractivity contribution < 1.29 is 14.5 Å². The van der Waals surface area contributed by atoms with Crippen molar-refractivity contribution in [3.8, 4) is 0 Å². The molecular weight excluding hydrogens is 216 g/mol. The summed E-state index contributed by atoms with van der Waals surface area (Å²) in [5.41, 5.74) is 0. The summed E-state index contributed by atoms with van der Waals surface area (Å²) in [5.74, 6) is 2.06. The van der Waals surface area contributed by atoms with Crippen molar-refractivity contribution in [2.75, 3.05) is 6.61 Å². The summed E-state index contributed by atoms with van der Waals surface area (Å²) in [6, 6.07) is 0. The molecule has 17 heavy (non-hydrogen) atoms. The van der Waals surface area contributed by atoms with E-state index in [9.17, 15) is 0 Å². The van der Waals surface area contributed by atoms with Crippen LogP contribution in [0.5, 0.6) is 0 Å². The lowest BCUT2D eigenvalue weighted by molar-refractivity contribution is -0.375. The smallest absolute Gasteiger partial charge is 0.210 e. The van der Waals surface area contributed by atoms with Gasteiger partial charge in [0, 0.05) is 0 Å². The van der Waals surface area contributed by atoms with E-state index in [0.717, 1.165) is 12.3 Å². The Balaban J connectivity index is 1.94. The second-order valence-corrected chi connectivity index (χ2v) is 5.68. The first-order chi connectivity index (χ1) is 8.16. The molecule has 1 fully saturated rings.